The Morgan fingerprint density at radius 3 is 2.56 bits per heavy atom. The van der Waals surface area contributed by atoms with Crippen LogP contribution in [-0.2, 0) is 10.0 Å². The number of thiophene rings is 1. The molecule has 27 heavy (non-hydrogen) atoms. The summed E-state index contributed by atoms with van der Waals surface area (Å²) in [5.74, 6) is 0.187. The lowest BCUT2D eigenvalue weighted by atomic mass is 10.0. The van der Waals surface area contributed by atoms with Gasteiger partial charge in [-0.3, -0.25) is 9.52 Å². The molecule has 0 aliphatic rings. The summed E-state index contributed by atoms with van der Waals surface area (Å²) < 4.78 is 27.4. The topological polar surface area (TPSA) is 92.5 Å². The van der Waals surface area contributed by atoms with Crippen LogP contribution in [0.2, 0.25) is 0 Å². The number of rotatable bonds is 8. The fourth-order valence-electron chi connectivity index (χ4n) is 2.34. The number of nitrogens with zero attached hydrogens (tertiary/aromatic N) is 1. The van der Waals surface area contributed by atoms with Crippen molar-refractivity contribution in [3.8, 4) is 0 Å². The van der Waals surface area contributed by atoms with Crippen molar-refractivity contribution in [2.75, 3.05) is 18.3 Å². The third-order valence-corrected chi connectivity index (χ3v) is 6.90. The van der Waals surface area contributed by atoms with Crippen LogP contribution < -0.4 is 10.5 Å². The Bertz CT molecular complexity index is 839. The Hall–Kier alpha value is -1.61. The SMILES string of the molecule is CC(C)C(N)CCN(C)C(=O)c1cccc(NS(=O)(=O)c2cccs2)c1.Cl. The Morgan fingerprint density at radius 2 is 1.96 bits per heavy atom. The Kier molecular flexibility index (Phi) is 8.74. The predicted octanol–water partition coefficient (Wildman–Crippen LogP) is 3.42. The largest absolute Gasteiger partial charge is 0.342 e. The summed E-state index contributed by atoms with van der Waals surface area (Å²) >= 11 is 1.14. The van der Waals surface area contributed by atoms with E-state index in [2.05, 4.69) is 18.6 Å². The second kappa shape index (κ2) is 10.1. The van der Waals surface area contributed by atoms with Crippen LogP contribution in [0.15, 0.2) is 46.0 Å². The van der Waals surface area contributed by atoms with E-state index in [0.717, 1.165) is 11.3 Å². The van der Waals surface area contributed by atoms with Crippen molar-refractivity contribution in [2.45, 2.75) is 30.5 Å². The summed E-state index contributed by atoms with van der Waals surface area (Å²) in [6, 6.07) is 9.75. The summed E-state index contributed by atoms with van der Waals surface area (Å²) in [6.07, 6.45) is 0.713. The maximum Gasteiger partial charge on any atom is 0.271 e. The minimum atomic E-state index is -3.64. The van der Waals surface area contributed by atoms with Crippen molar-refractivity contribution in [3.05, 3.63) is 47.3 Å². The molecule has 9 heteroatoms. The van der Waals surface area contributed by atoms with E-state index in [-0.39, 0.29) is 28.6 Å². The molecule has 1 atom stereocenters. The first-order valence-corrected chi connectivity index (χ1v) is 10.7. The summed E-state index contributed by atoms with van der Waals surface area (Å²) in [5, 5.41) is 1.70. The lowest BCUT2D eigenvalue weighted by Crippen LogP contribution is -2.34. The molecule has 2 rings (SSSR count). The molecule has 150 valence electrons. The second-order valence-corrected chi connectivity index (χ2v) is 9.40. The van der Waals surface area contributed by atoms with Crippen LogP contribution in [0.3, 0.4) is 0 Å². The molecule has 1 unspecified atom stereocenters. The van der Waals surface area contributed by atoms with Gasteiger partial charge in [-0.2, -0.15) is 0 Å². The third-order valence-electron chi connectivity index (χ3n) is 4.12. The van der Waals surface area contributed by atoms with Gasteiger partial charge in [-0.1, -0.05) is 26.0 Å². The molecular formula is C18H26ClN3O3S2. The summed E-state index contributed by atoms with van der Waals surface area (Å²) in [5.41, 5.74) is 6.82. The highest BCUT2D eigenvalue weighted by molar-refractivity contribution is 7.94. The Morgan fingerprint density at radius 1 is 1.26 bits per heavy atom. The molecule has 6 nitrogen and oxygen atoms in total. The summed E-state index contributed by atoms with van der Waals surface area (Å²) in [6.45, 7) is 4.65. The molecule has 0 spiro atoms. The smallest absolute Gasteiger partial charge is 0.271 e. The van der Waals surface area contributed by atoms with Crippen LogP contribution in [0.5, 0.6) is 0 Å². The van der Waals surface area contributed by atoms with Crippen LogP contribution in [0, 0.1) is 5.92 Å². The number of carbonyl (C=O) groups excluding carboxylic acids is 1. The molecular weight excluding hydrogens is 406 g/mol. The summed E-state index contributed by atoms with van der Waals surface area (Å²) in [7, 11) is -1.92. The molecule has 0 aliphatic heterocycles. The van der Waals surface area contributed by atoms with E-state index in [0.29, 0.717) is 30.1 Å². The van der Waals surface area contributed by atoms with Crippen molar-refractivity contribution in [3.63, 3.8) is 0 Å². The molecule has 0 bridgehead atoms. The average Bonchev–Trinajstić information content (AvgIpc) is 3.14. The van der Waals surface area contributed by atoms with Gasteiger partial charge in [-0.05, 0) is 42.0 Å². The number of carbonyl (C=O) groups is 1. The van der Waals surface area contributed by atoms with Crippen LogP contribution in [0.25, 0.3) is 0 Å². The fourth-order valence-corrected chi connectivity index (χ4v) is 4.38. The first-order chi connectivity index (χ1) is 12.2. The van der Waals surface area contributed by atoms with E-state index in [1.165, 1.54) is 6.07 Å². The number of sulfonamides is 1. The van der Waals surface area contributed by atoms with Gasteiger partial charge in [0.1, 0.15) is 4.21 Å². The van der Waals surface area contributed by atoms with E-state index in [1.807, 2.05) is 0 Å². The highest BCUT2D eigenvalue weighted by Crippen LogP contribution is 2.21. The lowest BCUT2D eigenvalue weighted by Gasteiger charge is -2.21. The van der Waals surface area contributed by atoms with Gasteiger partial charge in [0.15, 0.2) is 0 Å². The van der Waals surface area contributed by atoms with E-state index in [1.54, 1.807) is 47.7 Å². The summed E-state index contributed by atoms with van der Waals surface area (Å²) in [4.78, 5) is 14.2. The van der Waals surface area contributed by atoms with Crippen LogP contribution in [0.4, 0.5) is 5.69 Å². The molecule has 0 saturated heterocycles. The van der Waals surface area contributed by atoms with Gasteiger partial charge in [0, 0.05) is 30.9 Å². The minimum Gasteiger partial charge on any atom is -0.342 e. The zero-order valence-electron chi connectivity index (χ0n) is 15.6. The molecule has 0 aliphatic carbocycles. The number of amides is 1. The molecule has 3 N–H and O–H groups in total. The van der Waals surface area contributed by atoms with Gasteiger partial charge in [-0.15, -0.1) is 23.7 Å². The number of hydrogen-bond donors (Lipinski definition) is 2. The van der Waals surface area contributed by atoms with Crippen LogP contribution in [0.1, 0.15) is 30.6 Å². The van der Waals surface area contributed by atoms with E-state index in [9.17, 15) is 13.2 Å². The average molecular weight is 432 g/mol. The minimum absolute atomic E-state index is 0. The molecule has 0 fully saturated rings. The van der Waals surface area contributed by atoms with Gasteiger partial charge in [0.2, 0.25) is 0 Å². The van der Waals surface area contributed by atoms with Crippen molar-refractivity contribution in [2.24, 2.45) is 11.7 Å². The van der Waals surface area contributed by atoms with Crippen LogP contribution >= 0.6 is 23.7 Å². The molecule has 1 aromatic carbocycles. The van der Waals surface area contributed by atoms with Crippen LogP contribution in [-0.4, -0.2) is 38.9 Å². The number of nitrogens with one attached hydrogen (secondary N) is 1. The first kappa shape index (κ1) is 23.4. The fraction of sp³-hybridized carbons (Fsp3) is 0.389. The molecule has 1 aromatic heterocycles. The zero-order valence-corrected chi connectivity index (χ0v) is 18.0. The molecule has 0 radical (unpaired) electrons. The molecule has 1 amide bonds. The van der Waals surface area contributed by atoms with Crippen molar-refractivity contribution < 1.29 is 13.2 Å². The number of nitrogens with two attached hydrogens (primary N) is 1. The van der Waals surface area contributed by atoms with Crippen molar-refractivity contribution >= 4 is 45.4 Å². The Labute approximate surface area is 171 Å². The quantitative estimate of drug-likeness (QED) is 0.669. The molecule has 0 saturated carbocycles. The van der Waals surface area contributed by atoms with Gasteiger partial charge >= 0.3 is 0 Å². The third kappa shape index (κ3) is 6.49. The number of anilines is 1. The molecule has 2 aromatic rings. The number of hydrogen-bond acceptors (Lipinski definition) is 5. The second-order valence-electron chi connectivity index (χ2n) is 6.54. The van der Waals surface area contributed by atoms with Gasteiger partial charge in [0.25, 0.3) is 15.9 Å². The maximum atomic E-state index is 12.6. The molecule has 1 heterocycles. The van der Waals surface area contributed by atoms with Crippen molar-refractivity contribution in [1.29, 1.82) is 0 Å². The predicted molar refractivity (Wildman–Crippen MR) is 113 cm³/mol. The van der Waals surface area contributed by atoms with E-state index in [4.69, 9.17) is 5.73 Å². The highest BCUT2D eigenvalue weighted by Gasteiger charge is 2.18. The maximum absolute atomic E-state index is 12.6. The van der Waals surface area contributed by atoms with Gasteiger partial charge < -0.3 is 10.6 Å². The standard InChI is InChI=1S/C18H25N3O3S2.ClH/c1-13(2)16(19)9-10-21(3)18(22)14-6-4-7-15(12-14)20-26(23,24)17-8-5-11-25-17;/h4-8,11-13,16,20H,9-10,19H2,1-3H3;1H. The van der Waals surface area contributed by atoms with Gasteiger partial charge in [0.05, 0.1) is 0 Å². The first-order valence-electron chi connectivity index (χ1n) is 8.38. The van der Waals surface area contributed by atoms with E-state index < -0.39 is 10.0 Å². The zero-order chi connectivity index (χ0) is 19.3. The van der Waals surface area contributed by atoms with Crippen molar-refractivity contribution in [1.82, 2.24) is 4.90 Å². The number of benzene rings is 1. The number of halogens is 1. The van der Waals surface area contributed by atoms with E-state index >= 15 is 0 Å². The monoisotopic (exact) mass is 431 g/mol. The highest BCUT2D eigenvalue weighted by atomic mass is 35.5. The Balaban J connectivity index is 0.00000364. The van der Waals surface area contributed by atoms with Gasteiger partial charge in [-0.25, -0.2) is 8.42 Å². The lowest BCUT2D eigenvalue weighted by molar-refractivity contribution is 0.0789. The normalized spacial score (nSPS) is 12.3.